The number of nitrogens with two attached hydrogens (primary N) is 1. The van der Waals surface area contributed by atoms with Crippen LogP contribution in [0.25, 0.3) is 0 Å². The van der Waals surface area contributed by atoms with Gasteiger partial charge in [-0.25, -0.2) is 0 Å². The van der Waals surface area contributed by atoms with Crippen LogP contribution in [0.3, 0.4) is 0 Å². The number of carbonyl (C=O) groups excluding carboxylic acids is 1. The summed E-state index contributed by atoms with van der Waals surface area (Å²) in [6, 6.07) is -0.456. The number of hydrogen-bond acceptors (Lipinski definition) is 3. The molecule has 0 heterocycles. The Morgan fingerprint density at radius 2 is 1.76 bits per heavy atom. The Hall–Kier alpha value is -0.570. The fraction of sp³-hybridized carbons (Fsp3) is 0.929. The van der Waals surface area contributed by atoms with E-state index in [2.05, 4.69) is 27.7 Å². The first-order chi connectivity index (χ1) is 7.88. The second kappa shape index (κ2) is 6.39. The van der Waals surface area contributed by atoms with Gasteiger partial charge in [-0.3, -0.25) is 4.79 Å². The highest BCUT2D eigenvalue weighted by Gasteiger charge is 2.28. The number of rotatable bonds is 4. The van der Waals surface area contributed by atoms with Crippen molar-refractivity contribution < 1.29 is 9.53 Å². The van der Waals surface area contributed by atoms with Crippen molar-refractivity contribution in [1.29, 1.82) is 0 Å². The Bertz CT molecular complexity index is 243. The number of carbonyl (C=O) groups is 1. The molecule has 2 unspecified atom stereocenters. The van der Waals surface area contributed by atoms with E-state index in [0.29, 0.717) is 24.2 Å². The van der Waals surface area contributed by atoms with Crippen LogP contribution < -0.4 is 5.73 Å². The highest BCUT2D eigenvalue weighted by atomic mass is 16.5. The second-order valence-electron chi connectivity index (χ2n) is 6.21. The monoisotopic (exact) mass is 241 g/mol. The van der Waals surface area contributed by atoms with Crippen LogP contribution in [0.2, 0.25) is 0 Å². The minimum Gasteiger partial charge on any atom is -0.461 e. The van der Waals surface area contributed by atoms with Gasteiger partial charge in [0.25, 0.3) is 0 Å². The lowest BCUT2D eigenvalue weighted by molar-refractivity contribution is -0.154. The van der Waals surface area contributed by atoms with Crippen LogP contribution in [0.1, 0.15) is 53.4 Å². The lowest BCUT2D eigenvalue weighted by Gasteiger charge is -2.31. The van der Waals surface area contributed by atoms with Crippen molar-refractivity contribution in [2.75, 3.05) is 0 Å². The van der Waals surface area contributed by atoms with Gasteiger partial charge in [0, 0.05) is 0 Å². The van der Waals surface area contributed by atoms with Crippen LogP contribution in [0.4, 0.5) is 0 Å². The molecule has 17 heavy (non-hydrogen) atoms. The zero-order chi connectivity index (χ0) is 13.0. The number of hydrogen-bond donors (Lipinski definition) is 1. The lowest BCUT2D eigenvalue weighted by atomic mass is 9.82. The zero-order valence-electron chi connectivity index (χ0n) is 11.6. The highest BCUT2D eigenvalue weighted by Crippen LogP contribution is 2.30. The van der Waals surface area contributed by atoms with Gasteiger partial charge in [0.05, 0.1) is 0 Å². The van der Waals surface area contributed by atoms with E-state index < -0.39 is 6.04 Å². The summed E-state index contributed by atoms with van der Waals surface area (Å²) >= 11 is 0. The van der Waals surface area contributed by atoms with E-state index in [1.807, 2.05) is 0 Å². The lowest BCUT2D eigenvalue weighted by Crippen LogP contribution is -2.38. The van der Waals surface area contributed by atoms with E-state index >= 15 is 0 Å². The molecule has 1 aliphatic carbocycles. The quantitative estimate of drug-likeness (QED) is 0.770. The Kier molecular flexibility index (Phi) is 5.44. The van der Waals surface area contributed by atoms with Gasteiger partial charge >= 0.3 is 5.97 Å². The van der Waals surface area contributed by atoms with Crippen molar-refractivity contribution in [3.8, 4) is 0 Å². The van der Waals surface area contributed by atoms with Crippen molar-refractivity contribution in [3.05, 3.63) is 0 Å². The molecule has 1 saturated carbocycles. The maximum atomic E-state index is 11.8. The first-order valence-corrected chi connectivity index (χ1v) is 6.84. The van der Waals surface area contributed by atoms with E-state index in [4.69, 9.17) is 10.5 Å². The fourth-order valence-electron chi connectivity index (χ4n) is 2.83. The number of esters is 1. The molecule has 3 nitrogen and oxygen atoms in total. The van der Waals surface area contributed by atoms with Crippen LogP contribution in [0.15, 0.2) is 0 Å². The van der Waals surface area contributed by atoms with Crippen LogP contribution in [0, 0.1) is 17.8 Å². The second-order valence-corrected chi connectivity index (χ2v) is 6.21. The van der Waals surface area contributed by atoms with Gasteiger partial charge in [0.1, 0.15) is 12.1 Å². The molecular formula is C14H27NO2. The predicted octanol–water partition coefficient (Wildman–Crippen LogP) is 2.73. The molecule has 0 spiro atoms. The van der Waals surface area contributed by atoms with Crippen molar-refractivity contribution >= 4 is 5.97 Å². The average molecular weight is 241 g/mol. The highest BCUT2D eigenvalue weighted by molar-refractivity contribution is 5.75. The number of ether oxygens (including phenoxy) is 1. The molecule has 100 valence electrons. The molecule has 0 aromatic rings. The van der Waals surface area contributed by atoms with Gasteiger partial charge < -0.3 is 10.5 Å². The summed E-state index contributed by atoms with van der Waals surface area (Å²) in [7, 11) is 0. The van der Waals surface area contributed by atoms with Crippen molar-refractivity contribution in [2.24, 2.45) is 23.5 Å². The van der Waals surface area contributed by atoms with Gasteiger partial charge in [0.15, 0.2) is 0 Å². The summed E-state index contributed by atoms with van der Waals surface area (Å²) in [5.41, 5.74) is 5.83. The molecule has 0 radical (unpaired) electrons. The first kappa shape index (κ1) is 14.5. The minimum atomic E-state index is -0.456. The maximum absolute atomic E-state index is 11.8. The van der Waals surface area contributed by atoms with Crippen LogP contribution >= 0.6 is 0 Å². The molecule has 1 fully saturated rings. The molecule has 0 saturated heterocycles. The topological polar surface area (TPSA) is 52.3 Å². The van der Waals surface area contributed by atoms with Crippen LogP contribution in [-0.2, 0) is 9.53 Å². The molecule has 0 bridgehead atoms. The summed E-state index contributed by atoms with van der Waals surface area (Å²) in [4.78, 5) is 11.8. The molecule has 0 aromatic carbocycles. The van der Waals surface area contributed by atoms with Gasteiger partial charge in [-0.15, -0.1) is 0 Å². The van der Waals surface area contributed by atoms with Gasteiger partial charge in [-0.05, 0) is 43.4 Å². The van der Waals surface area contributed by atoms with E-state index in [0.717, 1.165) is 12.8 Å². The summed E-state index contributed by atoms with van der Waals surface area (Å²) in [5, 5.41) is 0. The zero-order valence-corrected chi connectivity index (χ0v) is 11.6. The smallest absolute Gasteiger partial charge is 0.323 e. The first-order valence-electron chi connectivity index (χ1n) is 6.84. The van der Waals surface area contributed by atoms with Crippen molar-refractivity contribution in [1.82, 2.24) is 0 Å². The van der Waals surface area contributed by atoms with E-state index in [-0.39, 0.29) is 12.1 Å². The summed E-state index contributed by atoms with van der Waals surface area (Å²) in [6.45, 7) is 8.59. The Labute approximate surface area is 105 Å². The molecule has 3 atom stereocenters. The molecule has 1 aliphatic rings. The van der Waals surface area contributed by atoms with E-state index in [1.165, 1.54) is 6.42 Å². The van der Waals surface area contributed by atoms with Gasteiger partial charge in [-0.1, -0.05) is 27.7 Å². The van der Waals surface area contributed by atoms with Gasteiger partial charge in [0.2, 0.25) is 0 Å². The predicted molar refractivity (Wildman–Crippen MR) is 69.5 cm³/mol. The van der Waals surface area contributed by atoms with E-state index in [9.17, 15) is 4.79 Å². The average Bonchev–Trinajstić information content (AvgIpc) is 2.14. The Morgan fingerprint density at radius 3 is 2.24 bits per heavy atom. The molecule has 1 rings (SSSR count). The van der Waals surface area contributed by atoms with Gasteiger partial charge in [-0.2, -0.15) is 0 Å². The molecule has 2 N–H and O–H groups in total. The molecular weight excluding hydrogens is 214 g/mol. The third-order valence-corrected chi connectivity index (χ3v) is 3.45. The third kappa shape index (κ3) is 5.07. The normalized spacial score (nSPS) is 31.3. The molecule has 3 heteroatoms. The molecule has 0 aromatic heterocycles. The van der Waals surface area contributed by atoms with Crippen molar-refractivity contribution in [3.63, 3.8) is 0 Å². The Morgan fingerprint density at radius 1 is 1.24 bits per heavy atom. The standard InChI is InChI=1S/C14H27NO2/c1-9(2)5-13(15)14(16)17-12-7-10(3)6-11(4)8-12/h9-13H,5-8,15H2,1-4H3/t10?,11?,12?,13-/m1/s1. The third-order valence-electron chi connectivity index (χ3n) is 3.45. The fourth-order valence-corrected chi connectivity index (χ4v) is 2.83. The summed E-state index contributed by atoms with van der Waals surface area (Å²) < 4.78 is 5.53. The van der Waals surface area contributed by atoms with Crippen LogP contribution in [-0.4, -0.2) is 18.1 Å². The Balaban J connectivity index is 2.39. The van der Waals surface area contributed by atoms with E-state index in [1.54, 1.807) is 0 Å². The molecule has 0 amide bonds. The molecule has 0 aliphatic heterocycles. The largest absolute Gasteiger partial charge is 0.461 e. The summed E-state index contributed by atoms with van der Waals surface area (Å²) in [5.74, 6) is 1.52. The minimum absolute atomic E-state index is 0.0828. The SMILES string of the molecule is CC(C)C[C@@H](N)C(=O)OC1CC(C)CC(C)C1. The summed E-state index contributed by atoms with van der Waals surface area (Å²) in [6.07, 6.45) is 4.01. The van der Waals surface area contributed by atoms with Crippen LogP contribution in [0.5, 0.6) is 0 Å². The maximum Gasteiger partial charge on any atom is 0.323 e. The van der Waals surface area contributed by atoms with Crippen molar-refractivity contribution in [2.45, 2.75) is 65.5 Å².